The van der Waals surface area contributed by atoms with Gasteiger partial charge in [-0.2, -0.15) is 0 Å². The lowest BCUT2D eigenvalue weighted by atomic mass is 9.58. The van der Waals surface area contributed by atoms with Crippen LogP contribution in [0.25, 0.3) is 69.6 Å². The van der Waals surface area contributed by atoms with Crippen molar-refractivity contribution in [2.75, 3.05) is 4.90 Å². The van der Waals surface area contributed by atoms with E-state index >= 15 is 0 Å². The van der Waals surface area contributed by atoms with Crippen molar-refractivity contribution in [3.8, 4) is 28.3 Å². The summed E-state index contributed by atoms with van der Waals surface area (Å²) in [5.41, 5.74) is 13.4. The van der Waals surface area contributed by atoms with Crippen molar-refractivity contribution in [3.63, 3.8) is 0 Å². The van der Waals surface area contributed by atoms with Gasteiger partial charge in [0, 0.05) is 70.9 Å². The average Bonchev–Trinajstić information content (AvgIpc) is 3.88. The topological polar surface area (TPSA) is 17.4 Å². The van der Waals surface area contributed by atoms with Crippen LogP contribution in [-0.4, -0.2) is 4.57 Å². The van der Waals surface area contributed by atoms with E-state index in [0.717, 1.165) is 50.9 Å². The molecule has 63 heavy (non-hydrogen) atoms. The first-order valence-electron chi connectivity index (χ1n) is 21.6. The monoisotopic (exact) mass is 820 g/mol. The predicted octanol–water partition coefficient (Wildman–Crippen LogP) is 16.2. The van der Waals surface area contributed by atoms with Gasteiger partial charge in [0.1, 0.15) is 11.5 Å². The zero-order valence-electron chi connectivity index (χ0n) is 34.0. The van der Waals surface area contributed by atoms with E-state index in [1.165, 1.54) is 69.5 Å². The van der Waals surface area contributed by atoms with Crippen molar-refractivity contribution in [1.29, 1.82) is 0 Å². The minimum absolute atomic E-state index is 0.597. The van der Waals surface area contributed by atoms with Crippen LogP contribution in [0.4, 0.5) is 17.1 Å². The molecule has 0 fully saturated rings. The molecule has 10 aromatic carbocycles. The van der Waals surface area contributed by atoms with Crippen molar-refractivity contribution in [2.24, 2.45) is 0 Å². The van der Waals surface area contributed by atoms with E-state index in [2.05, 4.69) is 228 Å². The second-order valence-corrected chi connectivity index (χ2v) is 17.9. The fourth-order valence-electron chi connectivity index (χ4n) is 11.1. The van der Waals surface area contributed by atoms with Gasteiger partial charge >= 0.3 is 0 Å². The summed E-state index contributed by atoms with van der Waals surface area (Å²) in [5.74, 6) is 1.73. The number of benzene rings is 10. The molecule has 0 bridgehead atoms. The Morgan fingerprint density at radius 1 is 0.397 bits per heavy atom. The van der Waals surface area contributed by atoms with Gasteiger partial charge in [0.15, 0.2) is 0 Å². The highest BCUT2D eigenvalue weighted by atomic mass is 32.1. The molecule has 14 rings (SSSR count). The van der Waals surface area contributed by atoms with E-state index in [4.69, 9.17) is 4.74 Å². The van der Waals surface area contributed by atoms with Crippen LogP contribution in [-0.2, 0) is 5.41 Å². The molecule has 2 aliphatic rings. The number of rotatable bonds is 4. The van der Waals surface area contributed by atoms with Gasteiger partial charge in [-0.25, -0.2) is 0 Å². The molecule has 0 saturated heterocycles. The van der Waals surface area contributed by atoms with Crippen LogP contribution >= 0.6 is 11.3 Å². The molecule has 3 nitrogen and oxygen atoms in total. The minimum atomic E-state index is -0.597. The molecule has 0 radical (unpaired) electrons. The lowest BCUT2D eigenvalue weighted by Gasteiger charge is -2.45. The van der Waals surface area contributed by atoms with Gasteiger partial charge in [0.2, 0.25) is 0 Å². The van der Waals surface area contributed by atoms with Gasteiger partial charge in [-0.05, 0) is 93.7 Å². The first kappa shape index (κ1) is 34.8. The number of hydrogen-bond donors (Lipinski definition) is 0. The summed E-state index contributed by atoms with van der Waals surface area (Å²) < 4.78 is 12.1. The second-order valence-electron chi connectivity index (χ2n) is 16.8. The van der Waals surface area contributed by atoms with E-state index in [1.807, 2.05) is 11.3 Å². The largest absolute Gasteiger partial charge is 0.457 e. The number of anilines is 3. The third kappa shape index (κ3) is 4.79. The highest BCUT2D eigenvalue weighted by Crippen LogP contribution is 2.61. The van der Waals surface area contributed by atoms with Gasteiger partial charge < -0.3 is 14.2 Å². The standard InChI is InChI=1S/C59H36N2OS/c1-2-16-38(17-3-1)60(39-28-31-44-43-19-5-9-25-52(43)61(53(44)34-39)41-29-32-46-45-20-6-11-27-56(45)63-57(46)36-41)40-30-33-50-55(35-40)62-54-26-10-8-23-49(54)59(50)48-22-7-4-18-42(48)47-21-12-14-37-15-13-24-51(59)58(37)47/h1-36H. The number of aromatic nitrogens is 1. The molecule has 4 heteroatoms. The molecule has 1 unspecified atom stereocenters. The molecule has 294 valence electrons. The fourth-order valence-corrected chi connectivity index (χ4v) is 12.2. The lowest BCUT2D eigenvalue weighted by molar-refractivity contribution is 0.435. The van der Waals surface area contributed by atoms with Crippen LogP contribution < -0.4 is 9.64 Å². The van der Waals surface area contributed by atoms with E-state index in [-0.39, 0.29) is 0 Å². The Morgan fingerprint density at radius 3 is 1.97 bits per heavy atom. The molecule has 3 heterocycles. The van der Waals surface area contributed by atoms with E-state index in [9.17, 15) is 0 Å². The second kappa shape index (κ2) is 13.0. The molecule has 12 aromatic rings. The van der Waals surface area contributed by atoms with Crippen LogP contribution in [0.5, 0.6) is 11.5 Å². The maximum absolute atomic E-state index is 7.08. The van der Waals surface area contributed by atoms with Crippen LogP contribution in [0.3, 0.4) is 0 Å². The molecule has 1 aliphatic carbocycles. The highest BCUT2D eigenvalue weighted by molar-refractivity contribution is 7.25. The first-order chi connectivity index (χ1) is 31.2. The number of hydrogen-bond acceptors (Lipinski definition) is 3. The van der Waals surface area contributed by atoms with Crippen LogP contribution in [0.1, 0.15) is 22.3 Å². The molecular formula is C59H36N2OS. The number of para-hydroxylation sites is 3. The average molecular weight is 821 g/mol. The van der Waals surface area contributed by atoms with E-state index in [1.54, 1.807) is 0 Å². The normalized spacial score (nSPS) is 14.9. The van der Waals surface area contributed by atoms with Gasteiger partial charge in [0.05, 0.1) is 16.4 Å². The molecule has 1 atom stereocenters. The van der Waals surface area contributed by atoms with Gasteiger partial charge in [-0.3, -0.25) is 0 Å². The maximum Gasteiger partial charge on any atom is 0.134 e. The Hall–Kier alpha value is -7.92. The summed E-state index contributed by atoms with van der Waals surface area (Å²) in [7, 11) is 0. The summed E-state index contributed by atoms with van der Waals surface area (Å²) >= 11 is 1.86. The Balaban J connectivity index is 0.999. The summed E-state index contributed by atoms with van der Waals surface area (Å²) in [6.45, 7) is 0. The molecule has 0 N–H and O–H groups in total. The fraction of sp³-hybridized carbons (Fsp3) is 0.0169. The number of thiophene rings is 1. The summed E-state index contributed by atoms with van der Waals surface area (Å²) in [5, 5.41) is 7.60. The SMILES string of the molecule is c1ccc(N(c2ccc3c(c2)Oc2ccccc2C32c3ccccc3-c3cccc4cccc2c34)c2ccc3c4ccccc4n(-c4ccc5c(c4)sc4ccccc45)c3c2)cc1. The quantitative estimate of drug-likeness (QED) is 0.176. The van der Waals surface area contributed by atoms with Gasteiger partial charge in [-0.15, -0.1) is 11.3 Å². The lowest BCUT2D eigenvalue weighted by Crippen LogP contribution is -2.36. The summed E-state index contributed by atoms with van der Waals surface area (Å²) in [6.07, 6.45) is 0. The van der Waals surface area contributed by atoms with Crippen molar-refractivity contribution in [3.05, 3.63) is 241 Å². The predicted molar refractivity (Wildman–Crippen MR) is 263 cm³/mol. The molecule has 0 amide bonds. The zero-order valence-corrected chi connectivity index (χ0v) is 34.8. The van der Waals surface area contributed by atoms with E-state index < -0.39 is 5.41 Å². The molecular weight excluding hydrogens is 785 g/mol. The Labute approximate surface area is 367 Å². The van der Waals surface area contributed by atoms with Crippen molar-refractivity contribution >= 4 is 81.1 Å². The van der Waals surface area contributed by atoms with Crippen molar-refractivity contribution in [1.82, 2.24) is 4.57 Å². The van der Waals surface area contributed by atoms with Crippen LogP contribution in [0.15, 0.2) is 218 Å². The minimum Gasteiger partial charge on any atom is -0.457 e. The number of fused-ring (bicyclic) bond motifs is 14. The van der Waals surface area contributed by atoms with Crippen LogP contribution in [0, 0.1) is 0 Å². The molecule has 1 spiro atoms. The zero-order chi connectivity index (χ0) is 41.2. The summed E-state index contributed by atoms with van der Waals surface area (Å²) in [4.78, 5) is 2.37. The van der Waals surface area contributed by atoms with Crippen molar-refractivity contribution < 1.29 is 4.74 Å². The number of ether oxygens (including phenoxy) is 1. The Morgan fingerprint density at radius 2 is 1.05 bits per heavy atom. The van der Waals surface area contributed by atoms with Gasteiger partial charge in [0.25, 0.3) is 0 Å². The number of nitrogens with zero attached hydrogens (tertiary/aromatic N) is 2. The van der Waals surface area contributed by atoms with Crippen LogP contribution in [0.2, 0.25) is 0 Å². The highest BCUT2D eigenvalue weighted by Gasteiger charge is 2.49. The molecule has 0 saturated carbocycles. The molecule has 1 aliphatic heterocycles. The van der Waals surface area contributed by atoms with E-state index in [0.29, 0.717) is 0 Å². The smallest absolute Gasteiger partial charge is 0.134 e. The molecule has 2 aromatic heterocycles. The first-order valence-corrected chi connectivity index (χ1v) is 22.4. The third-order valence-electron chi connectivity index (χ3n) is 13.6. The van der Waals surface area contributed by atoms with Crippen molar-refractivity contribution in [2.45, 2.75) is 5.41 Å². The van der Waals surface area contributed by atoms with Gasteiger partial charge in [-0.1, -0.05) is 152 Å². The third-order valence-corrected chi connectivity index (χ3v) is 14.8. The summed E-state index contributed by atoms with van der Waals surface area (Å²) in [6, 6.07) is 80.1. The Bertz CT molecular complexity index is 3860. The Kier molecular flexibility index (Phi) is 7.20. The maximum atomic E-state index is 7.08.